The van der Waals surface area contributed by atoms with Crippen LogP contribution in [-0.4, -0.2) is 49.0 Å². The molecule has 1 aromatic carbocycles. The summed E-state index contributed by atoms with van der Waals surface area (Å²) in [5.74, 6) is 0.892. The van der Waals surface area contributed by atoms with Gasteiger partial charge in [-0.05, 0) is 50.9 Å². The molecule has 2 atom stereocenters. The minimum Gasteiger partial charge on any atom is -0.497 e. The number of methoxy groups -OCH3 is 1. The van der Waals surface area contributed by atoms with Gasteiger partial charge in [-0.1, -0.05) is 12.1 Å². The van der Waals surface area contributed by atoms with Crippen molar-refractivity contribution in [3.63, 3.8) is 0 Å². The highest BCUT2D eigenvalue weighted by Gasteiger charge is 2.27. The minimum absolute atomic E-state index is 0.160. The maximum atomic E-state index is 10.1. The maximum Gasteiger partial charge on any atom is 0.119 e. The molecule has 0 amide bonds. The molecule has 0 spiro atoms. The summed E-state index contributed by atoms with van der Waals surface area (Å²) in [6.45, 7) is 6.07. The largest absolute Gasteiger partial charge is 0.497 e. The molecule has 1 aliphatic rings. The lowest BCUT2D eigenvalue weighted by Crippen LogP contribution is -2.35. The van der Waals surface area contributed by atoms with E-state index in [9.17, 15) is 5.11 Å². The summed E-state index contributed by atoms with van der Waals surface area (Å²) in [5, 5.41) is 10.1. The van der Waals surface area contributed by atoms with Gasteiger partial charge in [0.25, 0.3) is 0 Å². The van der Waals surface area contributed by atoms with Gasteiger partial charge in [0.05, 0.1) is 25.9 Å². The quantitative estimate of drug-likeness (QED) is 0.839. The van der Waals surface area contributed by atoms with Gasteiger partial charge >= 0.3 is 0 Å². The van der Waals surface area contributed by atoms with Crippen molar-refractivity contribution in [3.05, 3.63) is 29.8 Å². The molecule has 0 aromatic heterocycles. The Bertz CT molecular complexity index is 436. The van der Waals surface area contributed by atoms with Crippen molar-refractivity contribution < 1.29 is 14.6 Å². The highest BCUT2D eigenvalue weighted by atomic mass is 16.5. The van der Waals surface area contributed by atoms with Crippen LogP contribution < -0.4 is 4.74 Å². The Balaban J connectivity index is 1.96. The molecule has 0 bridgehead atoms. The fourth-order valence-corrected chi connectivity index (χ4v) is 2.90. The van der Waals surface area contributed by atoms with E-state index in [0.717, 1.165) is 18.7 Å². The molecular formula is C17H27NO3. The summed E-state index contributed by atoms with van der Waals surface area (Å²) in [5.41, 5.74) is 1.27. The van der Waals surface area contributed by atoms with Crippen LogP contribution in [-0.2, 0) is 4.74 Å². The Morgan fingerprint density at radius 2 is 2.19 bits per heavy atom. The number of hydrogen-bond donors (Lipinski definition) is 1. The van der Waals surface area contributed by atoms with Crippen molar-refractivity contribution in [2.24, 2.45) is 0 Å². The lowest BCUT2D eigenvalue weighted by Gasteiger charge is -2.27. The van der Waals surface area contributed by atoms with Gasteiger partial charge in [-0.3, -0.25) is 4.90 Å². The van der Waals surface area contributed by atoms with Gasteiger partial charge in [0.2, 0.25) is 0 Å². The second kappa shape index (κ2) is 7.78. The van der Waals surface area contributed by atoms with Gasteiger partial charge in [0, 0.05) is 12.6 Å². The molecule has 2 unspecified atom stereocenters. The number of aliphatic hydroxyl groups is 1. The average molecular weight is 293 g/mol. The molecule has 1 aliphatic heterocycles. The molecule has 0 aliphatic carbocycles. The molecule has 4 heteroatoms. The van der Waals surface area contributed by atoms with Crippen molar-refractivity contribution in [3.8, 4) is 5.75 Å². The van der Waals surface area contributed by atoms with Crippen LogP contribution in [0.3, 0.4) is 0 Å². The number of likely N-dealkylation sites (tertiary alicyclic amines) is 1. The van der Waals surface area contributed by atoms with Crippen LogP contribution in [0.2, 0.25) is 0 Å². The molecule has 1 aromatic rings. The second-order valence-electron chi connectivity index (χ2n) is 5.97. The first kappa shape index (κ1) is 16.3. The van der Waals surface area contributed by atoms with E-state index in [4.69, 9.17) is 9.47 Å². The molecule has 1 heterocycles. The molecule has 2 rings (SSSR count). The number of benzene rings is 1. The molecule has 0 saturated carbocycles. The molecule has 21 heavy (non-hydrogen) atoms. The van der Waals surface area contributed by atoms with Crippen LogP contribution in [0.25, 0.3) is 0 Å². The first-order valence-electron chi connectivity index (χ1n) is 7.78. The third kappa shape index (κ3) is 4.70. The molecule has 4 nitrogen and oxygen atoms in total. The summed E-state index contributed by atoms with van der Waals surface area (Å²) in [7, 11) is 1.69. The summed E-state index contributed by atoms with van der Waals surface area (Å²) in [6, 6.07) is 8.60. The van der Waals surface area contributed by atoms with Crippen molar-refractivity contribution in [1.29, 1.82) is 0 Å². The number of aliphatic hydroxyl groups excluding tert-OH is 1. The zero-order valence-corrected chi connectivity index (χ0v) is 13.3. The first-order valence-corrected chi connectivity index (χ1v) is 7.78. The predicted octanol–water partition coefficient (Wildman–Crippen LogP) is 2.62. The van der Waals surface area contributed by atoms with Crippen LogP contribution in [0.5, 0.6) is 5.75 Å². The van der Waals surface area contributed by atoms with Crippen molar-refractivity contribution in [1.82, 2.24) is 4.90 Å². The van der Waals surface area contributed by atoms with E-state index in [1.54, 1.807) is 7.11 Å². The molecule has 1 N–H and O–H groups in total. The minimum atomic E-state index is -0.432. The first-order chi connectivity index (χ1) is 10.1. The van der Waals surface area contributed by atoms with Crippen LogP contribution in [0.15, 0.2) is 24.3 Å². The Morgan fingerprint density at radius 3 is 2.90 bits per heavy atom. The Labute approximate surface area is 127 Å². The van der Waals surface area contributed by atoms with E-state index in [2.05, 4.69) is 17.0 Å². The lowest BCUT2D eigenvalue weighted by atomic mass is 10.0. The summed E-state index contributed by atoms with van der Waals surface area (Å²) >= 11 is 0. The van der Waals surface area contributed by atoms with Crippen molar-refractivity contribution in [2.45, 2.75) is 44.9 Å². The van der Waals surface area contributed by atoms with Crippen LogP contribution >= 0.6 is 0 Å². The fraction of sp³-hybridized carbons (Fsp3) is 0.647. The molecular weight excluding hydrogens is 266 g/mol. The van der Waals surface area contributed by atoms with E-state index in [0.29, 0.717) is 19.2 Å². The van der Waals surface area contributed by atoms with Gasteiger partial charge in [-0.25, -0.2) is 0 Å². The van der Waals surface area contributed by atoms with Crippen molar-refractivity contribution in [2.75, 3.05) is 26.8 Å². The predicted molar refractivity (Wildman–Crippen MR) is 83.6 cm³/mol. The second-order valence-corrected chi connectivity index (χ2v) is 5.97. The topological polar surface area (TPSA) is 41.9 Å². The van der Waals surface area contributed by atoms with Gasteiger partial charge in [-0.15, -0.1) is 0 Å². The van der Waals surface area contributed by atoms with Gasteiger partial charge in [0.1, 0.15) is 5.75 Å². The zero-order valence-electron chi connectivity index (χ0n) is 13.3. The van der Waals surface area contributed by atoms with E-state index >= 15 is 0 Å². The van der Waals surface area contributed by atoms with E-state index in [1.165, 1.54) is 12.0 Å². The Morgan fingerprint density at radius 1 is 1.38 bits per heavy atom. The van der Waals surface area contributed by atoms with Gasteiger partial charge in [-0.2, -0.15) is 0 Å². The molecule has 1 saturated heterocycles. The summed E-state index contributed by atoms with van der Waals surface area (Å²) in [6.07, 6.45) is 2.02. The van der Waals surface area contributed by atoms with E-state index in [-0.39, 0.29) is 6.10 Å². The number of β-amino-alcohol motifs (C(OH)–C–C–N with tert-alkyl or cyclic N) is 1. The fourth-order valence-electron chi connectivity index (χ4n) is 2.90. The maximum absolute atomic E-state index is 10.1. The molecule has 1 fully saturated rings. The van der Waals surface area contributed by atoms with Crippen LogP contribution in [0.1, 0.15) is 38.3 Å². The Kier molecular flexibility index (Phi) is 6.03. The number of hydrogen-bond acceptors (Lipinski definition) is 4. The summed E-state index contributed by atoms with van der Waals surface area (Å²) < 4.78 is 10.8. The third-order valence-electron chi connectivity index (χ3n) is 3.91. The molecule has 118 valence electrons. The van der Waals surface area contributed by atoms with Gasteiger partial charge < -0.3 is 14.6 Å². The monoisotopic (exact) mass is 293 g/mol. The third-order valence-corrected chi connectivity index (χ3v) is 3.91. The standard InChI is InChI=1S/C17H27NO3/c1-13(2)21-12-15(19)11-18-9-5-8-17(18)14-6-4-7-16(10-14)20-3/h4,6-7,10,13,15,17,19H,5,8-9,11-12H2,1-3H3. The highest BCUT2D eigenvalue weighted by Crippen LogP contribution is 2.33. The number of ether oxygens (including phenoxy) is 2. The normalized spacial score (nSPS) is 20.9. The smallest absolute Gasteiger partial charge is 0.119 e. The average Bonchev–Trinajstić information content (AvgIpc) is 2.93. The van der Waals surface area contributed by atoms with Crippen LogP contribution in [0, 0.1) is 0 Å². The lowest BCUT2D eigenvalue weighted by molar-refractivity contribution is -0.0101. The Hall–Kier alpha value is -1.10. The highest BCUT2D eigenvalue weighted by molar-refractivity contribution is 5.31. The number of rotatable bonds is 7. The van der Waals surface area contributed by atoms with Crippen LogP contribution in [0.4, 0.5) is 0 Å². The van der Waals surface area contributed by atoms with Gasteiger partial charge in [0.15, 0.2) is 0 Å². The summed E-state index contributed by atoms with van der Waals surface area (Å²) in [4.78, 5) is 2.35. The zero-order chi connectivity index (χ0) is 15.2. The SMILES string of the molecule is COc1cccc(C2CCCN2CC(O)COC(C)C)c1. The molecule has 0 radical (unpaired) electrons. The van der Waals surface area contributed by atoms with Crippen molar-refractivity contribution >= 4 is 0 Å². The van der Waals surface area contributed by atoms with E-state index in [1.807, 2.05) is 26.0 Å². The number of nitrogens with zero attached hydrogens (tertiary/aromatic N) is 1. The van der Waals surface area contributed by atoms with E-state index < -0.39 is 6.10 Å².